The minimum absolute atomic E-state index is 0.0370. The fraction of sp³-hybridized carbons (Fsp3) is 0.353. The number of anilines is 1. The number of aromatic carboxylic acids is 1. The van der Waals surface area contributed by atoms with Crippen LogP contribution >= 0.6 is 0 Å². The number of benzene rings is 1. The van der Waals surface area contributed by atoms with Gasteiger partial charge in [0.1, 0.15) is 0 Å². The summed E-state index contributed by atoms with van der Waals surface area (Å²) in [5, 5.41) is 9.10. The molecule has 0 unspecified atom stereocenters. The summed E-state index contributed by atoms with van der Waals surface area (Å²) >= 11 is 0. The van der Waals surface area contributed by atoms with Crippen LogP contribution < -0.4 is 4.90 Å². The maximum absolute atomic E-state index is 12.9. The maximum atomic E-state index is 12.9. The summed E-state index contributed by atoms with van der Waals surface area (Å²) in [4.78, 5) is 37.9. The summed E-state index contributed by atoms with van der Waals surface area (Å²) in [6, 6.07) is 5.87. The Hall–Kier alpha value is -2.47. The lowest BCUT2D eigenvalue weighted by molar-refractivity contribution is -0.128. The number of imide groups is 1. The van der Waals surface area contributed by atoms with Crippen LogP contribution in [-0.2, 0) is 14.3 Å². The van der Waals surface area contributed by atoms with Crippen LogP contribution in [0.4, 0.5) is 5.69 Å². The molecule has 2 bridgehead atoms. The Balaban J connectivity index is 1.79. The van der Waals surface area contributed by atoms with Crippen molar-refractivity contribution >= 4 is 23.5 Å². The van der Waals surface area contributed by atoms with Crippen molar-refractivity contribution in [2.75, 3.05) is 4.90 Å². The van der Waals surface area contributed by atoms with Crippen molar-refractivity contribution in [1.29, 1.82) is 0 Å². The molecule has 1 N–H and O–H groups in total. The molecular formula is C17H15NO5. The van der Waals surface area contributed by atoms with Crippen LogP contribution in [0.15, 0.2) is 36.4 Å². The Morgan fingerprint density at radius 1 is 1.13 bits per heavy atom. The van der Waals surface area contributed by atoms with E-state index in [2.05, 4.69) is 0 Å². The van der Waals surface area contributed by atoms with Crippen molar-refractivity contribution in [1.82, 2.24) is 0 Å². The Bertz CT molecular complexity index is 764. The normalized spacial score (nSPS) is 37.6. The zero-order chi connectivity index (χ0) is 16.6. The third-order valence-electron chi connectivity index (χ3n) is 5.08. The van der Waals surface area contributed by atoms with Gasteiger partial charge in [0.2, 0.25) is 11.8 Å². The topological polar surface area (TPSA) is 83.9 Å². The lowest BCUT2D eigenvalue weighted by Crippen LogP contribution is -2.39. The second kappa shape index (κ2) is 4.08. The zero-order valence-electron chi connectivity index (χ0n) is 12.6. The smallest absolute Gasteiger partial charge is 0.335 e. The Morgan fingerprint density at radius 3 is 2.22 bits per heavy atom. The number of rotatable bonds is 2. The van der Waals surface area contributed by atoms with Crippen molar-refractivity contribution in [3.63, 3.8) is 0 Å². The standard InChI is InChI=1S/C17H15NO5/c1-16-6-7-17(2,23-16)12-11(16)13(19)18(14(12)20)10-5-3-4-9(8-10)15(21)22/h3-8,11-12H,1-2H3,(H,21,22)/t11-,12-,16-,17+/m0/s1. The number of hydrogen-bond acceptors (Lipinski definition) is 4. The third-order valence-corrected chi connectivity index (χ3v) is 5.08. The van der Waals surface area contributed by atoms with Crippen molar-refractivity contribution in [3.05, 3.63) is 42.0 Å². The lowest BCUT2D eigenvalue weighted by atomic mass is 9.73. The molecule has 0 aromatic heterocycles. The molecular weight excluding hydrogens is 298 g/mol. The number of nitrogens with zero attached hydrogens (tertiary/aromatic N) is 1. The van der Waals surface area contributed by atoms with Crippen molar-refractivity contribution < 1.29 is 24.2 Å². The van der Waals surface area contributed by atoms with Crippen LogP contribution in [0.5, 0.6) is 0 Å². The van der Waals surface area contributed by atoms with E-state index >= 15 is 0 Å². The summed E-state index contributed by atoms with van der Waals surface area (Å²) in [5.41, 5.74) is -1.24. The monoisotopic (exact) mass is 313 g/mol. The van der Waals surface area contributed by atoms with Gasteiger partial charge in [-0.15, -0.1) is 0 Å². The van der Waals surface area contributed by atoms with Crippen LogP contribution in [0.1, 0.15) is 24.2 Å². The Morgan fingerprint density at radius 2 is 1.70 bits per heavy atom. The van der Waals surface area contributed by atoms with Crippen LogP contribution in [0, 0.1) is 11.8 Å². The van der Waals surface area contributed by atoms with Crippen LogP contribution in [0.25, 0.3) is 0 Å². The number of fused-ring (bicyclic) bond motifs is 5. The van der Waals surface area contributed by atoms with Gasteiger partial charge in [-0.1, -0.05) is 18.2 Å². The predicted octanol–water partition coefficient (Wildman–Crippen LogP) is 1.61. The Kier molecular flexibility index (Phi) is 2.51. The third kappa shape index (κ3) is 1.64. The molecule has 3 aliphatic heterocycles. The number of amides is 2. The predicted molar refractivity (Wildman–Crippen MR) is 79.9 cm³/mol. The van der Waals surface area contributed by atoms with Crippen LogP contribution in [-0.4, -0.2) is 34.1 Å². The molecule has 1 aromatic rings. The van der Waals surface area contributed by atoms with Gasteiger partial charge in [-0.25, -0.2) is 9.69 Å². The van der Waals surface area contributed by atoms with Gasteiger partial charge in [0.25, 0.3) is 0 Å². The number of carbonyl (C=O) groups excluding carboxylic acids is 2. The van der Waals surface area contributed by atoms with Gasteiger partial charge >= 0.3 is 5.97 Å². The number of hydrogen-bond donors (Lipinski definition) is 1. The fourth-order valence-electron chi connectivity index (χ4n) is 4.06. The van der Waals surface area contributed by atoms with Crippen molar-refractivity contribution in [2.24, 2.45) is 11.8 Å². The summed E-state index contributed by atoms with van der Waals surface area (Å²) in [7, 11) is 0. The minimum Gasteiger partial charge on any atom is -0.478 e. The largest absolute Gasteiger partial charge is 0.478 e. The maximum Gasteiger partial charge on any atom is 0.335 e. The molecule has 0 radical (unpaired) electrons. The van der Waals surface area contributed by atoms with E-state index in [1.807, 2.05) is 26.0 Å². The van der Waals surface area contributed by atoms with Crippen molar-refractivity contribution in [2.45, 2.75) is 25.0 Å². The molecule has 6 heteroatoms. The second-order valence-corrected chi connectivity index (χ2v) is 6.63. The molecule has 23 heavy (non-hydrogen) atoms. The van der Waals surface area contributed by atoms with E-state index in [-0.39, 0.29) is 17.4 Å². The highest BCUT2D eigenvalue weighted by molar-refractivity contribution is 6.23. The molecule has 1 aromatic carbocycles. The molecule has 2 amide bonds. The summed E-state index contributed by atoms with van der Waals surface area (Å²) in [5.74, 6) is -2.91. The summed E-state index contributed by atoms with van der Waals surface area (Å²) in [6.45, 7) is 3.61. The molecule has 6 nitrogen and oxygen atoms in total. The molecule has 3 heterocycles. The summed E-state index contributed by atoms with van der Waals surface area (Å²) < 4.78 is 5.93. The first-order chi connectivity index (χ1) is 10.8. The van der Waals surface area contributed by atoms with Gasteiger partial charge in [-0.2, -0.15) is 0 Å². The van der Waals surface area contributed by atoms with Crippen LogP contribution in [0.3, 0.4) is 0 Å². The van der Waals surface area contributed by atoms with Gasteiger partial charge in [-0.3, -0.25) is 9.59 Å². The molecule has 118 valence electrons. The first-order valence-electron chi connectivity index (χ1n) is 7.39. The van der Waals surface area contributed by atoms with E-state index in [4.69, 9.17) is 9.84 Å². The highest BCUT2D eigenvalue weighted by atomic mass is 16.5. The van der Waals surface area contributed by atoms with Gasteiger partial charge in [0.05, 0.1) is 34.3 Å². The van der Waals surface area contributed by atoms with E-state index in [0.717, 1.165) is 4.90 Å². The van der Waals surface area contributed by atoms with E-state index in [1.54, 1.807) is 6.07 Å². The molecule has 2 fully saturated rings. The number of carboxylic acid groups (broad SMARTS) is 1. The molecule has 0 spiro atoms. The average Bonchev–Trinajstić information content (AvgIpc) is 3.04. The molecule has 0 saturated carbocycles. The minimum atomic E-state index is -1.10. The molecule has 2 saturated heterocycles. The van der Waals surface area contributed by atoms with Gasteiger partial charge in [-0.05, 0) is 32.0 Å². The highest BCUT2D eigenvalue weighted by Crippen LogP contribution is 2.57. The van der Waals surface area contributed by atoms with E-state index in [0.29, 0.717) is 5.69 Å². The summed E-state index contributed by atoms with van der Waals surface area (Å²) in [6.07, 6.45) is 3.69. The number of carbonyl (C=O) groups is 3. The molecule has 4 atom stereocenters. The number of ether oxygens (including phenoxy) is 1. The average molecular weight is 313 g/mol. The van der Waals surface area contributed by atoms with Crippen molar-refractivity contribution in [3.8, 4) is 0 Å². The van der Waals surface area contributed by atoms with E-state index in [1.165, 1.54) is 18.2 Å². The van der Waals surface area contributed by atoms with Gasteiger partial charge < -0.3 is 9.84 Å². The van der Waals surface area contributed by atoms with Gasteiger partial charge in [0, 0.05) is 0 Å². The van der Waals surface area contributed by atoms with E-state index in [9.17, 15) is 14.4 Å². The fourth-order valence-corrected chi connectivity index (χ4v) is 4.06. The SMILES string of the molecule is C[C@]12C=C[C@](C)(O1)[C@@H]1C(=O)N(c3cccc(C(=O)O)c3)C(=O)[C@H]12. The highest BCUT2D eigenvalue weighted by Gasteiger charge is 2.70. The number of carboxylic acids is 1. The quantitative estimate of drug-likeness (QED) is 0.662. The first kappa shape index (κ1) is 14.1. The Labute approximate surface area is 132 Å². The zero-order valence-corrected chi connectivity index (χ0v) is 12.6. The van der Waals surface area contributed by atoms with E-state index < -0.39 is 29.0 Å². The second-order valence-electron chi connectivity index (χ2n) is 6.63. The first-order valence-corrected chi connectivity index (χ1v) is 7.39. The lowest BCUT2D eigenvalue weighted by Gasteiger charge is -2.25. The molecule has 0 aliphatic carbocycles. The van der Waals surface area contributed by atoms with Gasteiger partial charge in [0.15, 0.2) is 0 Å². The molecule has 3 aliphatic rings. The van der Waals surface area contributed by atoms with Crippen LogP contribution in [0.2, 0.25) is 0 Å². The molecule has 4 rings (SSSR count).